The van der Waals surface area contributed by atoms with E-state index in [0.717, 1.165) is 19.3 Å². The van der Waals surface area contributed by atoms with Crippen LogP contribution < -0.4 is 10.6 Å². The van der Waals surface area contributed by atoms with Gasteiger partial charge < -0.3 is 10.6 Å². The molecule has 0 rings (SSSR count). The van der Waals surface area contributed by atoms with E-state index in [1.165, 1.54) is 0 Å². The SMILES string of the molecule is CCC(C)C(=O)NC(CCCC(C)C)C(=O)NC. The third-order valence-corrected chi connectivity index (χ3v) is 3.21. The Hall–Kier alpha value is -1.06. The summed E-state index contributed by atoms with van der Waals surface area (Å²) < 4.78 is 0. The molecule has 0 aromatic rings. The molecule has 18 heavy (non-hydrogen) atoms. The first-order valence-corrected chi connectivity index (χ1v) is 6.94. The lowest BCUT2D eigenvalue weighted by Gasteiger charge is -2.19. The van der Waals surface area contributed by atoms with Crippen molar-refractivity contribution in [2.45, 2.75) is 59.4 Å². The van der Waals surface area contributed by atoms with E-state index in [0.29, 0.717) is 12.3 Å². The molecule has 0 bridgehead atoms. The molecule has 4 nitrogen and oxygen atoms in total. The van der Waals surface area contributed by atoms with E-state index in [2.05, 4.69) is 24.5 Å². The van der Waals surface area contributed by atoms with Crippen LogP contribution in [0.5, 0.6) is 0 Å². The highest BCUT2D eigenvalue weighted by atomic mass is 16.2. The standard InChI is InChI=1S/C14H28N2O2/c1-6-11(4)13(17)16-12(14(18)15-5)9-7-8-10(2)3/h10-12H,6-9H2,1-5H3,(H,15,18)(H,16,17). The zero-order chi connectivity index (χ0) is 14.1. The van der Waals surface area contributed by atoms with Crippen LogP contribution in [0.15, 0.2) is 0 Å². The Morgan fingerprint density at radius 2 is 1.67 bits per heavy atom. The molecule has 2 unspecified atom stereocenters. The van der Waals surface area contributed by atoms with Crippen molar-refractivity contribution in [3.63, 3.8) is 0 Å². The number of likely N-dealkylation sites (N-methyl/N-ethyl adjacent to an activating group) is 1. The quantitative estimate of drug-likeness (QED) is 0.698. The average molecular weight is 256 g/mol. The van der Waals surface area contributed by atoms with Gasteiger partial charge in [-0.15, -0.1) is 0 Å². The average Bonchev–Trinajstić information content (AvgIpc) is 2.34. The molecule has 0 spiro atoms. The van der Waals surface area contributed by atoms with Crippen molar-refractivity contribution in [2.75, 3.05) is 7.05 Å². The molecule has 106 valence electrons. The highest BCUT2D eigenvalue weighted by Gasteiger charge is 2.21. The lowest BCUT2D eigenvalue weighted by molar-refractivity contribution is -0.130. The molecule has 0 aliphatic heterocycles. The molecule has 0 heterocycles. The van der Waals surface area contributed by atoms with Crippen molar-refractivity contribution in [1.29, 1.82) is 0 Å². The van der Waals surface area contributed by atoms with Gasteiger partial charge in [0.15, 0.2) is 0 Å². The Balaban J connectivity index is 4.31. The van der Waals surface area contributed by atoms with Crippen LogP contribution in [0, 0.1) is 11.8 Å². The fourth-order valence-corrected chi connectivity index (χ4v) is 1.67. The van der Waals surface area contributed by atoms with Gasteiger partial charge in [-0.3, -0.25) is 9.59 Å². The van der Waals surface area contributed by atoms with Crippen molar-refractivity contribution in [3.05, 3.63) is 0 Å². The Bertz CT molecular complexity index is 265. The van der Waals surface area contributed by atoms with Gasteiger partial charge in [0.1, 0.15) is 6.04 Å². The summed E-state index contributed by atoms with van der Waals surface area (Å²) >= 11 is 0. The molecule has 0 fully saturated rings. The van der Waals surface area contributed by atoms with Crippen molar-refractivity contribution in [2.24, 2.45) is 11.8 Å². The predicted molar refractivity (Wildman–Crippen MR) is 74.1 cm³/mol. The summed E-state index contributed by atoms with van der Waals surface area (Å²) in [6.07, 6.45) is 3.53. The lowest BCUT2D eigenvalue weighted by Crippen LogP contribution is -2.47. The van der Waals surface area contributed by atoms with Gasteiger partial charge >= 0.3 is 0 Å². The minimum absolute atomic E-state index is 0.0318. The number of hydrogen-bond acceptors (Lipinski definition) is 2. The van der Waals surface area contributed by atoms with E-state index in [9.17, 15) is 9.59 Å². The highest BCUT2D eigenvalue weighted by Crippen LogP contribution is 2.10. The molecule has 2 atom stereocenters. The molecule has 0 saturated heterocycles. The molecule has 0 radical (unpaired) electrons. The number of rotatable bonds is 8. The van der Waals surface area contributed by atoms with Gasteiger partial charge in [-0.2, -0.15) is 0 Å². The van der Waals surface area contributed by atoms with Gasteiger partial charge in [-0.05, 0) is 18.8 Å². The Morgan fingerprint density at radius 3 is 2.11 bits per heavy atom. The van der Waals surface area contributed by atoms with Crippen LogP contribution in [-0.2, 0) is 9.59 Å². The second-order valence-corrected chi connectivity index (χ2v) is 5.31. The molecular weight excluding hydrogens is 228 g/mol. The highest BCUT2D eigenvalue weighted by molar-refractivity contribution is 5.88. The second-order valence-electron chi connectivity index (χ2n) is 5.31. The molecule has 0 aromatic heterocycles. The van der Waals surface area contributed by atoms with Gasteiger partial charge in [-0.25, -0.2) is 0 Å². The number of nitrogens with one attached hydrogen (secondary N) is 2. The first-order chi connectivity index (χ1) is 8.42. The topological polar surface area (TPSA) is 58.2 Å². The van der Waals surface area contributed by atoms with Crippen LogP contribution in [0.3, 0.4) is 0 Å². The molecule has 2 N–H and O–H groups in total. The summed E-state index contributed by atoms with van der Waals surface area (Å²) in [5, 5.41) is 5.45. The molecule has 0 aromatic carbocycles. The van der Waals surface area contributed by atoms with Gasteiger partial charge in [0.05, 0.1) is 0 Å². The molecule has 0 aliphatic carbocycles. The molecule has 2 amide bonds. The fourth-order valence-electron chi connectivity index (χ4n) is 1.67. The minimum atomic E-state index is -0.393. The summed E-state index contributed by atoms with van der Waals surface area (Å²) in [6, 6.07) is -0.393. The zero-order valence-corrected chi connectivity index (χ0v) is 12.4. The van der Waals surface area contributed by atoms with Crippen LogP contribution in [0.1, 0.15) is 53.4 Å². The maximum absolute atomic E-state index is 11.8. The number of carbonyl (C=O) groups excluding carboxylic acids is 2. The normalized spacial score (nSPS) is 14.1. The summed E-state index contributed by atoms with van der Waals surface area (Å²) in [5.41, 5.74) is 0. The van der Waals surface area contributed by atoms with E-state index < -0.39 is 6.04 Å². The van der Waals surface area contributed by atoms with Crippen LogP contribution in [0.4, 0.5) is 0 Å². The van der Waals surface area contributed by atoms with E-state index in [4.69, 9.17) is 0 Å². The van der Waals surface area contributed by atoms with Crippen LogP contribution in [0.2, 0.25) is 0 Å². The molecule has 4 heteroatoms. The Labute approximate surface area is 111 Å². The largest absolute Gasteiger partial charge is 0.357 e. The first kappa shape index (κ1) is 16.9. The van der Waals surface area contributed by atoms with E-state index >= 15 is 0 Å². The molecule has 0 saturated carbocycles. The fraction of sp³-hybridized carbons (Fsp3) is 0.857. The molecular formula is C14H28N2O2. The van der Waals surface area contributed by atoms with E-state index in [1.807, 2.05) is 13.8 Å². The van der Waals surface area contributed by atoms with Gasteiger partial charge in [-0.1, -0.05) is 40.5 Å². The monoisotopic (exact) mass is 256 g/mol. The minimum Gasteiger partial charge on any atom is -0.357 e. The summed E-state index contributed by atoms with van der Waals surface area (Å²) in [4.78, 5) is 23.5. The zero-order valence-electron chi connectivity index (χ0n) is 12.4. The third kappa shape index (κ3) is 6.62. The maximum Gasteiger partial charge on any atom is 0.242 e. The van der Waals surface area contributed by atoms with Crippen molar-refractivity contribution < 1.29 is 9.59 Å². The number of hydrogen-bond donors (Lipinski definition) is 2. The van der Waals surface area contributed by atoms with Crippen molar-refractivity contribution in [3.8, 4) is 0 Å². The summed E-state index contributed by atoms with van der Waals surface area (Å²) in [7, 11) is 1.60. The van der Waals surface area contributed by atoms with Gasteiger partial charge in [0, 0.05) is 13.0 Å². The van der Waals surface area contributed by atoms with Crippen molar-refractivity contribution in [1.82, 2.24) is 10.6 Å². The third-order valence-electron chi connectivity index (χ3n) is 3.21. The summed E-state index contributed by atoms with van der Waals surface area (Å²) in [5.74, 6) is 0.453. The van der Waals surface area contributed by atoms with Crippen LogP contribution in [0.25, 0.3) is 0 Å². The van der Waals surface area contributed by atoms with Gasteiger partial charge in [0.2, 0.25) is 11.8 Å². The Kier molecular flexibility index (Phi) is 8.42. The number of carbonyl (C=O) groups is 2. The van der Waals surface area contributed by atoms with Crippen LogP contribution >= 0.6 is 0 Å². The molecule has 0 aliphatic rings. The van der Waals surface area contributed by atoms with E-state index in [-0.39, 0.29) is 17.7 Å². The summed E-state index contributed by atoms with van der Waals surface area (Å²) in [6.45, 7) is 8.17. The van der Waals surface area contributed by atoms with Crippen molar-refractivity contribution >= 4 is 11.8 Å². The van der Waals surface area contributed by atoms with Crippen LogP contribution in [-0.4, -0.2) is 24.9 Å². The first-order valence-electron chi connectivity index (χ1n) is 6.94. The Morgan fingerprint density at radius 1 is 1.06 bits per heavy atom. The number of amides is 2. The van der Waals surface area contributed by atoms with E-state index in [1.54, 1.807) is 7.05 Å². The predicted octanol–water partition coefficient (Wildman–Crippen LogP) is 2.09. The maximum atomic E-state index is 11.8. The smallest absolute Gasteiger partial charge is 0.242 e. The second kappa shape index (κ2) is 8.95. The lowest BCUT2D eigenvalue weighted by atomic mass is 10.0. The van der Waals surface area contributed by atoms with Gasteiger partial charge in [0.25, 0.3) is 0 Å².